The SMILES string of the molecule is C[C@H](O)CC1COc2ccccc2O1. The highest BCUT2D eigenvalue weighted by molar-refractivity contribution is 5.40. The van der Waals surface area contributed by atoms with Crippen LogP contribution < -0.4 is 9.47 Å². The van der Waals surface area contributed by atoms with Gasteiger partial charge in [-0.3, -0.25) is 0 Å². The fourth-order valence-electron chi connectivity index (χ4n) is 1.56. The van der Waals surface area contributed by atoms with Crippen LogP contribution in [-0.2, 0) is 0 Å². The van der Waals surface area contributed by atoms with E-state index in [1.54, 1.807) is 6.92 Å². The van der Waals surface area contributed by atoms with Gasteiger partial charge in [-0.25, -0.2) is 0 Å². The molecule has 3 heteroatoms. The molecule has 0 bridgehead atoms. The van der Waals surface area contributed by atoms with E-state index in [0.29, 0.717) is 13.0 Å². The van der Waals surface area contributed by atoms with Crippen LogP contribution in [-0.4, -0.2) is 23.9 Å². The highest BCUT2D eigenvalue weighted by atomic mass is 16.6. The summed E-state index contributed by atoms with van der Waals surface area (Å²) in [6.07, 6.45) is 0.215. The number of aliphatic hydroxyl groups excluding tert-OH is 1. The summed E-state index contributed by atoms with van der Waals surface area (Å²) in [4.78, 5) is 0. The quantitative estimate of drug-likeness (QED) is 0.777. The van der Waals surface area contributed by atoms with E-state index < -0.39 is 0 Å². The molecule has 0 amide bonds. The molecular formula is C11H14O3. The number of ether oxygens (including phenoxy) is 2. The lowest BCUT2D eigenvalue weighted by Crippen LogP contribution is -2.31. The van der Waals surface area contributed by atoms with Crippen LogP contribution >= 0.6 is 0 Å². The summed E-state index contributed by atoms with van der Waals surface area (Å²) in [5.74, 6) is 1.55. The molecule has 1 aromatic carbocycles. The summed E-state index contributed by atoms with van der Waals surface area (Å²) in [6.45, 7) is 2.27. The largest absolute Gasteiger partial charge is 0.486 e. The van der Waals surface area contributed by atoms with Crippen molar-refractivity contribution in [3.8, 4) is 11.5 Å². The van der Waals surface area contributed by atoms with Crippen LogP contribution in [0.4, 0.5) is 0 Å². The van der Waals surface area contributed by atoms with Crippen molar-refractivity contribution in [1.29, 1.82) is 0 Å². The van der Waals surface area contributed by atoms with Crippen LogP contribution in [0.2, 0.25) is 0 Å². The van der Waals surface area contributed by atoms with E-state index in [-0.39, 0.29) is 12.2 Å². The zero-order chi connectivity index (χ0) is 9.97. The molecule has 0 aromatic heterocycles. The maximum atomic E-state index is 9.22. The van der Waals surface area contributed by atoms with Crippen molar-refractivity contribution >= 4 is 0 Å². The van der Waals surface area contributed by atoms with E-state index in [4.69, 9.17) is 9.47 Å². The second-order valence-electron chi connectivity index (χ2n) is 3.58. The van der Waals surface area contributed by atoms with Crippen molar-refractivity contribution in [1.82, 2.24) is 0 Å². The van der Waals surface area contributed by atoms with Gasteiger partial charge in [0.15, 0.2) is 11.5 Å². The van der Waals surface area contributed by atoms with E-state index in [1.807, 2.05) is 24.3 Å². The van der Waals surface area contributed by atoms with Crippen LogP contribution in [0, 0.1) is 0 Å². The standard InChI is InChI=1S/C11H14O3/c1-8(12)6-9-7-13-10-4-2-3-5-11(10)14-9/h2-5,8-9,12H,6-7H2,1H3/t8-,9?/m0/s1. The van der Waals surface area contributed by atoms with Crippen LogP contribution in [0.5, 0.6) is 11.5 Å². The fourth-order valence-corrected chi connectivity index (χ4v) is 1.56. The van der Waals surface area contributed by atoms with Gasteiger partial charge in [0.05, 0.1) is 6.10 Å². The number of hydrogen-bond donors (Lipinski definition) is 1. The van der Waals surface area contributed by atoms with Crippen molar-refractivity contribution in [2.24, 2.45) is 0 Å². The number of para-hydroxylation sites is 2. The zero-order valence-electron chi connectivity index (χ0n) is 8.14. The Morgan fingerprint density at radius 2 is 2.14 bits per heavy atom. The van der Waals surface area contributed by atoms with Crippen LogP contribution in [0.15, 0.2) is 24.3 Å². The van der Waals surface area contributed by atoms with E-state index in [2.05, 4.69) is 0 Å². The van der Waals surface area contributed by atoms with Crippen molar-refractivity contribution < 1.29 is 14.6 Å². The molecule has 76 valence electrons. The molecular weight excluding hydrogens is 180 g/mol. The van der Waals surface area contributed by atoms with Crippen LogP contribution in [0.3, 0.4) is 0 Å². The molecule has 0 radical (unpaired) electrons. The molecule has 0 spiro atoms. The van der Waals surface area contributed by atoms with Gasteiger partial charge < -0.3 is 14.6 Å². The van der Waals surface area contributed by atoms with Crippen molar-refractivity contribution in [2.75, 3.05) is 6.61 Å². The first-order valence-corrected chi connectivity index (χ1v) is 4.82. The Morgan fingerprint density at radius 3 is 2.86 bits per heavy atom. The second-order valence-corrected chi connectivity index (χ2v) is 3.58. The summed E-state index contributed by atoms with van der Waals surface area (Å²) < 4.78 is 11.2. The number of rotatable bonds is 2. The zero-order valence-corrected chi connectivity index (χ0v) is 8.14. The summed E-state index contributed by atoms with van der Waals surface area (Å²) in [5.41, 5.74) is 0. The predicted octanol–water partition coefficient (Wildman–Crippen LogP) is 1.60. The van der Waals surface area contributed by atoms with Crippen molar-refractivity contribution in [2.45, 2.75) is 25.6 Å². The van der Waals surface area contributed by atoms with Crippen molar-refractivity contribution in [3.05, 3.63) is 24.3 Å². The first-order valence-electron chi connectivity index (χ1n) is 4.82. The lowest BCUT2D eigenvalue weighted by molar-refractivity contribution is 0.0482. The third-order valence-electron chi connectivity index (χ3n) is 2.17. The molecule has 14 heavy (non-hydrogen) atoms. The summed E-state index contributed by atoms with van der Waals surface area (Å²) in [6, 6.07) is 7.58. The second kappa shape index (κ2) is 3.88. The molecule has 0 saturated carbocycles. The Kier molecular flexibility index (Phi) is 2.59. The molecule has 2 atom stereocenters. The molecule has 1 aliphatic heterocycles. The van der Waals surface area contributed by atoms with Gasteiger partial charge in [-0.2, -0.15) is 0 Å². The number of aliphatic hydroxyl groups is 1. The monoisotopic (exact) mass is 194 g/mol. The molecule has 1 aromatic rings. The van der Waals surface area contributed by atoms with Crippen LogP contribution in [0.1, 0.15) is 13.3 Å². The number of hydrogen-bond acceptors (Lipinski definition) is 3. The van der Waals surface area contributed by atoms with E-state index in [1.165, 1.54) is 0 Å². The van der Waals surface area contributed by atoms with E-state index in [0.717, 1.165) is 11.5 Å². The highest BCUT2D eigenvalue weighted by Gasteiger charge is 2.21. The average Bonchev–Trinajstić information content (AvgIpc) is 2.17. The topological polar surface area (TPSA) is 38.7 Å². The molecule has 3 nitrogen and oxygen atoms in total. The maximum absolute atomic E-state index is 9.22. The van der Waals surface area contributed by atoms with Crippen molar-refractivity contribution in [3.63, 3.8) is 0 Å². The van der Waals surface area contributed by atoms with Gasteiger partial charge in [0.25, 0.3) is 0 Å². The summed E-state index contributed by atoms with van der Waals surface area (Å²) >= 11 is 0. The first kappa shape index (κ1) is 9.34. The number of fused-ring (bicyclic) bond motifs is 1. The van der Waals surface area contributed by atoms with Crippen LogP contribution in [0.25, 0.3) is 0 Å². The van der Waals surface area contributed by atoms with Gasteiger partial charge in [-0.15, -0.1) is 0 Å². The smallest absolute Gasteiger partial charge is 0.161 e. The predicted molar refractivity (Wildman–Crippen MR) is 52.7 cm³/mol. The lowest BCUT2D eigenvalue weighted by Gasteiger charge is -2.27. The Morgan fingerprint density at radius 1 is 1.43 bits per heavy atom. The van der Waals surface area contributed by atoms with Gasteiger partial charge in [0, 0.05) is 6.42 Å². The average molecular weight is 194 g/mol. The first-order chi connectivity index (χ1) is 6.75. The molecule has 0 saturated heterocycles. The molecule has 1 N–H and O–H groups in total. The maximum Gasteiger partial charge on any atom is 0.161 e. The minimum atomic E-state index is -0.353. The van der Waals surface area contributed by atoms with Gasteiger partial charge in [-0.1, -0.05) is 12.1 Å². The molecule has 1 aliphatic rings. The summed E-state index contributed by atoms with van der Waals surface area (Å²) in [5, 5.41) is 9.22. The number of benzene rings is 1. The Balaban J connectivity index is 2.06. The molecule has 0 fully saturated rings. The third kappa shape index (κ3) is 1.99. The summed E-state index contributed by atoms with van der Waals surface area (Å²) in [7, 11) is 0. The molecule has 2 rings (SSSR count). The third-order valence-corrected chi connectivity index (χ3v) is 2.17. The lowest BCUT2D eigenvalue weighted by atomic mass is 10.1. The molecule has 1 heterocycles. The Hall–Kier alpha value is -1.22. The fraction of sp³-hybridized carbons (Fsp3) is 0.455. The normalized spacial score (nSPS) is 21.7. The minimum absolute atomic E-state index is 0.0371. The van der Waals surface area contributed by atoms with Gasteiger partial charge in [0.2, 0.25) is 0 Å². The van der Waals surface area contributed by atoms with E-state index >= 15 is 0 Å². The highest BCUT2D eigenvalue weighted by Crippen LogP contribution is 2.31. The van der Waals surface area contributed by atoms with Gasteiger partial charge in [0.1, 0.15) is 12.7 Å². The van der Waals surface area contributed by atoms with Gasteiger partial charge in [-0.05, 0) is 19.1 Å². The Labute approximate surface area is 83.3 Å². The minimum Gasteiger partial charge on any atom is -0.486 e. The Bertz CT molecular complexity index is 309. The molecule has 0 aliphatic carbocycles. The van der Waals surface area contributed by atoms with Gasteiger partial charge >= 0.3 is 0 Å². The van der Waals surface area contributed by atoms with E-state index in [9.17, 15) is 5.11 Å². The molecule has 1 unspecified atom stereocenters.